The van der Waals surface area contributed by atoms with Crippen molar-refractivity contribution in [2.45, 2.75) is 13.5 Å². The number of halogens is 1. The molecule has 0 radical (unpaired) electrons. The summed E-state index contributed by atoms with van der Waals surface area (Å²) in [6.45, 7) is 2.27. The standard InChI is InChI=1S/C16H15FN2O/c1-11-6-7-15(20-2)14(8-11)19-10-13-5-3-4-12(9-18)16(13)17/h3-8,19H,10H2,1-2H3. The van der Waals surface area contributed by atoms with Crippen LogP contribution in [0.4, 0.5) is 10.1 Å². The van der Waals surface area contributed by atoms with Gasteiger partial charge in [0, 0.05) is 12.1 Å². The van der Waals surface area contributed by atoms with Crippen molar-refractivity contribution in [3.05, 3.63) is 58.9 Å². The molecule has 0 aliphatic carbocycles. The quantitative estimate of drug-likeness (QED) is 0.922. The Morgan fingerprint density at radius 1 is 1.30 bits per heavy atom. The van der Waals surface area contributed by atoms with Crippen molar-refractivity contribution in [1.82, 2.24) is 0 Å². The smallest absolute Gasteiger partial charge is 0.145 e. The largest absolute Gasteiger partial charge is 0.495 e. The lowest BCUT2D eigenvalue weighted by molar-refractivity contribution is 0.416. The first-order chi connectivity index (χ1) is 9.65. The van der Waals surface area contributed by atoms with Crippen LogP contribution in [0, 0.1) is 24.1 Å². The van der Waals surface area contributed by atoms with Gasteiger partial charge in [-0.2, -0.15) is 5.26 Å². The van der Waals surface area contributed by atoms with Crippen molar-refractivity contribution in [3.63, 3.8) is 0 Å². The summed E-state index contributed by atoms with van der Waals surface area (Å²) in [5.74, 6) is 0.224. The van der Waals surface area contributed by atoms with Gasteiger partial charge >= 0.3 is 0 Å². The topological polar surface area (TPSA) is 45.0 Å². The van der Waals surface area contributed by atoms with Crippen molar-refractivity contribution >= 4 is 5.69 Å². The molecule has 4 heteroatoms. The van der Waals surface area contributed by atoms with Crippen LogP contribution in [0.25, 0.3) is 0 Å². The van der Waals surface area contributed by atoms with Gasteiger partial charge in [-0.25, -0.2) is 4.39 Å². The van der Waals surface area contributed by atoms with Gasteiger partial charge in [0.2, 0.25) is 0 Å². The number of nitriles is 1. The second-order valence-corrected chi connectivity index (χ2v) is 4.45. The van der Waals surface area contributed by atoms with Gasteiger partial charge in [-0.3, -0.25) is 0 Å². The first-order valence-electron chi connectivity index (χ1n) is 6.21. The molecule has 2 aromatic carbocycles. The Morgan fingerprint density at radius 3 is 2.80 bits per heavy atom. The maximum absolute atomic E-state index is 13.9. The van der Waals surface area contributed by atoms with E-state index >= 15 is 0 Å². The predicted molar refractivity (Wildman–Crippen MR) is 76.2 cm³/mol. The second kappa shape index (κ2) is 6.07. The van der Waals surface area contributed by atoms with Gasteiger partial charge in [0.1, 0.15) is 17.6 Å². The maximum Gasteiger partial charge on any atom is 0.145 e. The lowest BCUT2D eigenvalue weighted by Crippen LogP contribution is -2.04. The van der Waals surface area contributed by atoms with Gasteiger partial charge in [-0.1, -0.05) is 18.2 Å². The molecule has 0 aromatic heterocycles. The Hall–Kier alpha value is -2.54. The summed E-state index contributed by atoms with van der Waals surface area (Å²) in [5, 5.41) is 12.0. The third-order valence-electron chi connectivity index (χ3n) is 3.02. The first kappa shape index (κ1) is 13.9. The second-order valence-electron chi connectivity index (χ2n) is 4.45. The van der Waals surface area contributed by atoms with Gasteiger partial charge < -0.3 is 10.1 Å². The van der Waals surface area contributed by atoms with E-state index in [9.17, 15) is 4.39 Å². The summed E-state index contributed by atoms with van der Waals surface area (Å²) in [5.41, 5.74) is 2.39. The number of nitrogens with zero attached hydrogens (tertiary/aromatic N) is 1. The van der Waals surface area contributed by atoms with Crippen LogP contribution >= 0.6 is 0 Å². The van der Waals surface area contributed by atoms with Gasteiger partial charge in [-0.05, 0) is 30.7 Å². The van der Waals surface area contributed by atoms with Crippen LogP contribution < -0.4 is 10.1 Å². The Labute approximate surface area is 117 Å². The average molecular weight is 270 g/mol. The number of hydrogen-bond acceptors (Lipinski definition) is 3. The molecule has 0 unspecified atom stereocenters. The minimum Gasteiger partial charge on any atom is -0.495 e. The molecule has 102 valence electrons. The summed E-state index contributed by atoms with van der Waals surface area (Å²) in [7, 11) is 1.59. The van der Waals surface area contributed by atoms with E-state index in [4.69, 9.17) is 10.00 Å². The van der Waals surface area contributed by atoms with Gasteiger partial charge in [0.05, 0.1) is 18.4 Å². The molecular weight excluding hydrogens is 255 g/mol. The fraction of sp³-hybridized carbons (Fsp3) is 0.188. The third-order valence-corrected chi connectivity index (χ3v) is 3.02. The van der Waals surface area contributed by atoms with Gasteiger partial charge in [0.15, 0.2) is 0 Å². The van der Waals surface area contributed by atoms with Crippen LogP contribution in [0.15, 0.2) is 36.4 Å². The molecule has 1 N–H and O–H groups in total. The first-order valence-corrected chi connectivity index (χ1v) is 6.21. The van der Waals surface area contributed by atoms with Crippen molar-refractivity contribution < 1.29 is 9.13 Å². The number of methoxy groups -OCH3 is 1. The van der Waals surface area contributed by atoms with E-state index in [1.807, 2.05) is 31.2 Å². The molecule has 0 amide bonds. The monoisotopic (exact) mass is 270 g/mol. The van der Waals surface area contributed by atoms with Crippen molar-refractivity contribution in [3.8, 4) is 11.8 Å². The van der Waals surface area contributed by atoms with E-state index < -0.39 is 5.82 Å². The zero-order valence-electron chi connectivity index (χ0n) is 11.4. The van der Waals surface area contributed by atoms with E-state index in [0.29, 0.717) is 17.9 Å². The molecule has 2 rings (SSSR count). The number of hydrogen-bond donors (Lipinski definition) is 1. The zero-order valence-corrected chi connectivity index (χ0v) is 11.4. The highest BCUT2D eigenvalue weighted by atomic mass is 19.1. The summed E-state index contributed by atoms with van der Waals surface area (Å²) in [6, 6.07) is 12.4. The van der Waals surface area contributed by atoms with E-state index in [2.05, 4.69) is 5.32 Å². The van der Waals surface area contributed by atoms with E-state index in [0.717, 1.165) is 11.3 Å². The molecule has 2 aromatic rings. The fourth-order valence-electron chi connectivity index (χ4n) is 1.95. The van der Waals surface area contributed by atoms with Crippen LogP contribution in [-0.2, 0) is 6.54 Å². The number of nitrogens with one attached hydrogen (secondary N) is 1. The lowest BCUT2D eigenvalue weighted by atomic mass is 10.1. The zero-order chi connectivity index (χ0) is 14.5. The molecule has 0 heterocycles. The molecule has 0 saturated carbocycles. The fourth-order valence-corrected chi connectivity index (χ4v) is 1.95. The van der Waals surface area contributed by atoms with Crippen molar-refractivity contribution in [2.24, 2.45) is 0 Å². The summed E-state index contributed by atoms with van der Waals surface area (Å²) in [6.07, 6.45) is 0. The molecule has 0 atom stereocenters. The highest BCUT2D eigenvalue weighted by Gasteiger charge is 2.08. The molecule has 0 aliphatic heterocycles. The molecule has 3 nitrogen and oxygen atoms in total. The van der Waals surface area contributed by atoms with Gasteiger partial charge in [-0.15, -0.1) is 0 Å². The maximum atomic E-state index is 13.9. The minimum absolute atomic E-state index is 0.0560. The number of aryl methyl sites for hydroxylation is 1. The van der Waals surface area contributed by atoms with Crippen molar-refractivity contribution in [1.29, 1.82) is 5.26 Å². The van der Waals surface area contributed by atoms with Crippen LogP contribution in [0.2, 0.25) is 0 Å². The van der Waals surface area contributed by atoms with E-state index in [1.54, 1.807) is 19.2 Å². The Morgan fingerprint density at radius 2 is 2.10 bits per heavy atom. The van der Waals surface area contributed by atoms with Crippen molar-refractivity contribution in [2.75, 3.05) is 12.4 Å². The number of anilines is 1. The number of rotatable bonds is 4. The normalized spacial score (nSPS) is 9.90. The molecule has 0 fully saturated rings. The van der Waals surface area contributed by atoms with Crippen LogP contribution in [0.3, 0.4) is 0 Å². The van der Waals surface area contributed by atoms with Gasteiger partial charge in [0.25, 0.3) is 0 Å². The summed E-state index contributed by atoms with van der Waals surface area (Å²) in [4.78, 5) is 0. The minimum atomic E-state index is -0.478. The highest BCUT2D eigenvalue weighted by Crippen LogP contribution is 2.26. The predicted octanol–water partition coefficient (Wildman–Crippen LogP) is 3.63. The number of benzene rings is 2. The Kier molecular flexibility index (Phi) is 4.21. The molecule has 0 saturated heterocycles. The lowest BCUT2D eigenvalue weighted by Gasteiger charge is -2.12. The van der Waals surface area contributed by atoms with Crippen LogP contribution in [0.1, 0.15) is 16.7 Å². The van der Waals surface area contributed by atoms with Crippen LogP contribution in [0.5, 0.6) is 5.75 Å². The highest BCUT2D eigenvalue weighted by molar-refractivity contribution is 5.58. The Balaban J connectivity index is 2.21. The SMILES string of the molecule is COc1ccc(C)cc1NCc1cccc(C#N)c1F. The molecule has 0 spiro atoms. The summed E-state index contributed by atoms with van der Waals surface area (Å²) >= 11 is 0. The Bertz CT molecular complexity index is 660. The van der Waals surface area contributed by atoms with E-state index in [1.165, 1.54) is 6.07 Å². The van der Waals surface area contributed by atoms with Crippen LogP contribution in [-0.4, -0.2) is 7.11 Å². The number of ether oxygens (including phenoxy) is 1. The molecule has 20 heavy (non-hydrogen) atoms. The van der Waals surface area contributed by atoms with E-state index in [-0.39, 0.29) is 5.56 Å². The third kappa shape index (κ3) is 2.89. The molecule has 0 aliphatic rings. The summed E-state index contributed by atoms with van der Waals surface area (Å²) < 4.78 is 19.2. The molecular formula is C16H15FN2O. The average Bonchev–Trinajstić information content (AvgIpc) is 2.46. The molecule has 0 bridgehead atoms.